The molecule has 26 heavy (non-hydrogen) atoms. The Labute approximate surface area is 153 Å². The highest BCUT2D eigenvalue weighted by atomic mass is 19.1. The molecule has 2 aliphatic rings. The Hall–Kier alpha value is -2.21. The van der Waals surface area contributed by atoms with Crippen molar-refractivity contribution >= 4 is 11.8 Å². The summed E-state index contributed by atoms with van der Waals surface area (Å²) in [6, 6.07) is 5.97. The Bertz CT molecular complexity index is 719. The van der Waals surface area contributed by atoms with E-state index in [1.54, 1.807) is 24.1 Å². The molecule has 0 aromatic heterocycles. The van der Waals surface area contributed by atoms with Crippen LogP contribution in [0.1, 0.15) is 42.5 Å². The van der Waals surface area contributed by atoms with Gasteiger partial charge in [-0.2, -0.15) is 0 Å². The van der Waals surface area contributed by atoms with Crippen LogP contribution in [-0.4, -0.2) is 43.5 Å². The minimum absolute atomic E-state index is 0.0494. The molecule has 1 aliphatic heterocycles. The summed E-state index contributed by atoms with van der Waals surface area (Å²) in [6.45, 7) is 1.40. The summed E-state index contributed by atoms with van der Waals surface area (Å²) in [7, 11) is 1.62. The fraction of sp³-hybridized carbons (Fsp3) is 0.500. The first-order valence-corrected chi connectivity index (χ1v) is 9.10. The van der Waals surface area contributed by atoms with Gasteiger partial charge in [0.1, 0.15) is 5.82 Å². The number of hydrogen-bond acceptors (Lipinski definition) is 3. The highest BCUT2D eigenvalue weighted by Gasteiger charge is 2.44. The number of likely N-dealkylation sites (tertiary alicyclic amines) is 1. The van der Waals surface area contributed by atoms with Crippen LogP contribution in [0.15, 0.2) is 36.0 Å². The van der Waals surface area contributed by atoms with Crippen LogP contribution < -0.4 is 5.32 Å². The van der Waals surface area contributed by atoms with E-state index in [1.807, 2.05) is 0 Å². The Kier molecular flexibility index (Phi) is 5.71. The Morgan fingerprint density at radius 3 is 2.92 bits per heavy atom. The van der Waals surface area contributed by atoms with Crippen LogP contribution in [0.4, 0.5) is 4.39 Å². The standard InChI is InChI=1S/C20H25FN2O3/c1-26-13-12-23-17-8-4-5-10-20(17,11-9-18(23)24)14-22-19(25)15-6-2-3-7-16(15)21/h2-3,6-8H,4-5,9-14H2,1H3,(H,22,25). The Balaban J connectivity index is 1.77. The van der Waals surface area contributed by atoms with Gasteiger partial charge in [0, 0.05) is 37.7 Å². The van der Waals surface area contributed by atoms with E-state index in [2.05, 4.69) is 11.4 Å². The summed E-state index contributed by atoms with van der Waals surface area (Å²) in [5.41, 5.74) is 0.778. The Morgan fingerprint density at radius 1 is 1.35 bits per heavy atom. The average Bonchev–Trinajstić information content (AvgIpc) is 2.66. The van der Waals surface area contributed by atoms with E-state index >= 15 is 0 Å². The minimum Gasteiger partial charge on any atom is -0.383 e. The zero-order valence-electron chi connectivity index (χ0n) is 15.1. The second kappa shape index (κ2) is 7.99. The summed E-state index contributed by atoms with van der Waals surface area (Å²) in [5, 5.41) is 2.90. The van der Waals surface area contributed by atoms with Crippen LogP contribution in [0.25, 0.3) is 0 Å². The molecule has 6 heteroatoms. The lowest BCUT2D eigenvalue weighted by atomic mass is 9.69. The molecule has 140 valence electrons. The molecule has 1 saturated heterocycles. The van der Waals surface area contributed by atoms with Gasteiger partial charge in [-0.05, 0) is 37.8 Å². The van der Waals surface area contributed by atoms with E-state index in [0.717, 1.165) is 25.0 Å². The van der Waals surface area contributed by atoms with Crippen molar-refractivity contribution in [1.82, 2.24) is 10.2 Å². The number of hydrogen-bond donors (Lipinski definition) is 1. The van der Waals surface area contributed by atoms with Gasteiger partial charge in [0.15, 0.2) is 0 Å². The predicted molar refractivity (Wildman–Crippen MR) is 95.9 cm³/mol. The molecule has 1 heterocycles. The number of benzene rings is 1. The second-order valence-corrected chi connectivity index (χ2v) is 6.96. The van der Waals surface area contributed by atoms with Gasteiger partial charge in [-0.15, -0.1) is 0 Å². The fourth-order valence-electron chi connectivity index (χ4n) is 3.97. The number of halogens is 1. The van der Waals surface area contributed by atoms with Crippen molar-refractivity contribution in [3.05, 3.63) is 47.4 Å². The number of amides is 2. The number of nitrogens with one attached hydrogen (secondary N) is 1. The number of allylic oxidation sites excluding steroid dienone is 1. The van der Waals surface area contributed by atoms with E-state index in [0.29, 0.717) is 32.5 Å². The minimum atomic E-state index is -0.526. The summed E-state index contributed by atoms with van der Waals surface area (Å²) in [5.74, 6) is -0.837. The van der Waals surface area contributed by atoms with Crippen molar-refractivity contribution < 1.29 is 18.7 Å². The van der Waals surface area contributed by atoms with Crippen molar-refractivity contribution in [2.24, 2.45) is 5.41 Å². The number of rotatable bonds is 6. The number of nitrogens with zero attached hydrogens (tertiary/aromatic N) is 1. The topological polar surface area (TPSA) is 58.6 Å². The summed E-state index contributed by atoms with van der Waals surface area (Å²) in [4.78, 5) is 26.6. The zero-order chi connectivity index (χ0) is 18.6. The van der Waals surface area contributed by atoms with Crippen LogP contribution in [0, 0.1) is 11.2 Å². The molecule has 1 N–H and O–H groups in total. The monoisotopic (exact) mass is 360 g/mol. The number of carbonyl (C=O) groups is 2. The van der Waals surface area contributed by atoms with Gasteiger partial charge in [0.25, 0.3) is 5.91 Å². The summed E-state index contributed by atoms with van der Waals surface area (Å²) < 4.78 is 19.0. The first-order chi connectivity index (χ1) is 12.6. The van der Waals surface area contributed by atoms with Gasteiger partial charge in [-0.3, -0.25) is 9.59 Å². The molecular formula is C20H25FN2O3. The Morgan fingerprint density at radius 2 is 2.15 bits per heavy atom. The molecule has 1 atom stereocenters. The maximum absolute atomic E-state index is 13.9. The highest BCUT2D eigenvalue weighted by Crippen LogP contribution is 2.46. The lowest BCUT2D eigenvalue weighted by molar-refractivity contribution is -0.134. The maximum atomic E-state index is 13.9. The molecule has 1 unspecified atom stereocenters. The molecule has 0 bridgehead atoms. The van der Waals surface area contributed by atoms with E-state index < -0.39 is 11.7 Å². The van der Waals surface area contributed by atoms with Crippen LogP contribution >= 0.6 is 0 Å². The molecule has 1 aliphatic carbocycles. The van der Waals surface area contributed by atoms with Crippen molar-refractivity contribution in [1.29, 1.82) is 0 Å². The van der Waals surface area contributed by atoms with E-state index in [9.17, 15) is 14.0 Å². The predicted octanol–water partition coefficient (Wildman–Crippen LogP) is 2.88. The zero-order valence-corrected chi connectivity index (χ0v) is 15.1. The molecule has 1 fully saturated rings. The van der Waals surface area contributed by atoms with Gasteiger partial charge >= 0.3 is 0 Å². The number of ether oxygens (including phenoxy) is 1. The largest absolute Gasteiger partial charge is 0.383 e. The van der Waals surface area contributed by atoms with Crippen molar-refractivity contribution in [3.63, 3.8) is 0 Å². The molecule has 3 rings (SSSR count). The molecule has 0 saturated carbocycles. The molecule has 5 nitrogen and oxygen atoms in total. The third kappa shape index (κ3) is 3.65. The van der Waals surface area contributed by atoms with Gasteiger partial charge in [0.2, 0.25) is 5.91 Å². The number of carbonyl (C=O) groups excluding carboxylic acids is 2. The molecule has 2 amide bonds. The van der Waals surface area contributed by atoms with Crippen molar-refractivity contribution in [3.8, 4) is 0 Å². The van der Waals surface area contributed by atoms with Crippen LogP contribution in [-0.2, 0) is 9.53 Å². The maximum Gasteiger partial charge on any atom is 0.254 e. The van der Waals surface area contributed by atoms with Crippen molar-refractivity contribution in [2.75, 3.05) is 26.8 Å². The van der Waals surface area contributed by atoms with Crippen LogP contribution in [0.2, 0.25) is 0 Å². The summed E-state index contributed by atoms with van der Waals surface area (Å²) in [6.07, 6.45) is 6.13. The lowest BCUT2D eigenvalue weighted by Crippen LogP contribution is -2.51. The molecule has 0 spiro atoms. The third-order valence-corrected chi connectivity index (χ3v) is 5.37. The molecule has 1 aromatic carbocycles. The summed E-state index contributed by atoms with van der Waals surface area (Å²) >= 11 is 0. The van der Waals surface area contributed by atoms with Crippen LogP contribution in [0.3, 0.4) is 0 Å². The average molecular weight is 360 g/mol. The second-order valence-electron chi connectivity index (χ2n) is 6.96. The smallest absolute Gasteiger partial charge is 0.254 e. The number of fused-ring (bicyclic) bond motifs is 1. The van der Waals surface area contributed by atoms with Gasteiger partial charge in [-0.25, -0.2) is 4.39 Å². The first-order valence-electron chi connectivity index (χ1n) is 9.10. The van der Waals surface area contributed by atoms with Crippen molar-refractivity contribution in [2.45, 2.75) is 32.1 Å². The van der Waals surface area contributed by atoms with E-state index in [4.69, 9.17) is 4.74 Å². The fourth-order valence-corrected chi connectivity index (χ4v) is 3.97. The number of piperidine rings is 1. The van der Waals surface area contributed by atoms with Gasteiger partial charge < -0.3 is 15.0 Å². The van der Waals surface area contributed by atoms with Gasteiger partial charge in [0.05, 0.1) is 12.2 Å². The SMILES string of the molecule is COCCN1C(=O)CCC2(CNC(=O)c3ccccc3F)CCCC=C12. The lowest BCUT2D eigenvalue weighted by Gasteiger charge is -2.47. The third-order valence-electron chi connectivity index (χ3n) is 5.37. The van der Waals surface area contributed by atoms with Crippen LogP contribution in [0.5, 0.6) is 0 Å². The normalized spacial score (nSPS) is 22.6. The van der Waals surface area contributed by atoms with Gasteiger partial charge in [-0.1, -0.05) is 18.2 Å². The van der Waals surface area contributed by atoms with E-state index in [1.165, 1.54) is 12.1 Å². The molecular weight excluding hydrogens is 335 g/mol. The highest BCUT2D eigenvalue weighted by molar-refractivity contribution is 5.94. The molecule has 1 aromatic rings. The number of methoxy groups -OCH3 is 1. The first kappa shape index (κ1) is 18.6. The van der Waals surface area contributed by atoms with E-state index in [-0.39, 0.29) is 16.9 Å². The quantitative estimate of drug-likeness (QED) is 0.849. The molecule has 0 radical (unpaired) electrons.